The van der Waals surface area contributed by atoms with Gasteiger partial charge in [-0.2, -0.15) is 15.9 Å². The molecule has 1 aromatic heterocycles. The van der Waals surface area contributed by atoms with Gasteiger partial charge in [0.25, 0.3) is 17.8 Å². The second-order valence-corrected chi connectivity index (χ2v) is 17.5. The van der Waals surface area contributed by atoms with Crippen molar-refractivity contribution < 1.29 is 42.4 Å². The van der Waals surface area contributed by atoms with Crippen molar-refractivity contribution in [1.82, 2.24) is 25.1 Å². The van der Waals surface area contributed by atoms with Gasteiger partial charge >= 0.3 is 0 Å². The van der Waals surface area contributed by atoms with E-state index in [1.54, 1.807) is 12.4 Å². The summed E-state index contributed by atoms with van der Waals surface area (Å²) in [4.78, 5) is 63.7. The highest BCUT2D eigenvalue weighted by Gasteiger charge is 2.45. The average molecular weight is 901 g/mol. The molecule has 4 heterocycles. The fraction of sp³-hybridized carbons (Fsp3) is 0.386. The van der Waals surface area contributed by atoms with E-state index < -0.39 is 45.1 Å². The van der Waals surface area contributed by atoms with Gasteiger partial charge in [-0.25, -0.2) is 14.4 Å². The van der Waals surface area contributed by atoms with Crippen LogP contribution in [0.1, 0.15) is 88.9 Å². The second-order valence-electron chi connectivity index (χ2n) is 16.4. The van der Waals surface area contributed by atoms with Crippen LogP contribution in [-0.2, 0) is 21.6 Å². The molecule has 19 heteroatoms. The van der Waals surface area contributed by atoms with Gasteiger partial charge in [0.1, 0.15) is 50.1 Å². The molecule has 0 radical (unpaired) electrons. The Morgan fingerprint density at radius 3 is 2.32 bits per heavy atom. The van der Waals surface area contributed by atoms with Crippen LogP contribution in [0.2, 0.25) is 5.02 Å². The van der Waals surface area contributed by atoms with E-state index in [4.69, 9.17) is 21.1 Å². The number of quaternary nitrogens is 1. The van der Waals surface area contributed by atoms with Crippen molar-refractivity contribution in [2.75, 3.05) is 56.7 Å². The van der Waals surface area contributed by atoms with Gasteiger partial charge in [-0.3, -0.25) is 34.3 Å². The number of benzene rings is 3. The molecule has 2 saturated heterocycles. The quantitative estimate of drug-likeness (QED) is 0.0346. The summed E-state index contributed by atoms with van der Waals surface area (Å²) in [6.07, 6.45) is 5.75. The molecule has 7 rings (SSSR count). The van der Waals surface area contributed by atoms with E-state index >= 15 is 4.39 Å². The first kappa shape index (κ1) is 45.2. The maximum absolute atomic E-state index is 15.4. The molecule has 0 saturated carbocycles. The summed E-state index contributed by atoms with van der Waals surface area (Å²) < 4.78 is 26.6. The Morgan fingerprint density at radius 2 is 1.67 bits per heavy atom. The van der Waals surface area contributed by atoms with Crippen LogP contribution in [-0.4, -0.2) is 105 Å². The van der Waals surface area contributed by atoms with E-state index in [1.807, 2.05) is 41.3 Å². The zero-order chi connectivity index (χ0) is 45.1. The Labute approximate surface area is 374 Å². The molecule has 63 heavy (non-hydrogen) atoms. The smallest absolute Gasteiger partial charge is 0.273 e. The number of nitrogens with one attached hydrogen (secondary N) is 2. The Bertz CT molecular complexity index is 2440. The van der Waals surface area contributed by atoms with Crippen molar-refractivity contribution in [3.8, 4) is 17.6 Å². The molecule has 16 nitrogen and oxygen atoms in total. The topological polar surface area (TPSA) is 190 Å². The average Bonchev–Trinajstić information content (AvgIpc) is 3.48. The minimum Gasteiger partial charge on any atom is -0.491 e. The molecule has 3 aliphatic heterocycles. The number of fused-ring (bicyclic) bond motifs is 1. The number of thiol groups is 1. The maximum atomic E-state index is 15.4. The molecule has 2 atom stereocenters. The lowest BCUT2D eigenvalue weighted by Gasteiger charge is -2.36. The number of aromatic nitrogens is 2. The Balaban J connectivity index is 0.851. The number of piperazine rings is 1. The van der Waals surface area contributed by atoms with Gasteiger partial charge in [-0.15, -0.1) is 0 Å². The Kier molecular flexibility index (Phi) is 13.5. The summed E-state index contributed by atoms with van der Waals surface area (Å²) in [5.74, 6) is -1.98. The lowest BCUT2D eigenvalue weighted by Crippen LogP contribution is -2.54. The van der Waals surface area contributed by atoms with Crippen LogP contribution < -0.4 is 25.1 Å². The van der Waals surface area contributed by atoms with Crippen molar-refractivity contribution in [1.29, 1.82) is 5.26 Å². The van der Waals surface area contributed by atoms with Gasteiger partial charge in [0.2, 0.25) is 11.8 Å². The van der Waals surface area contributed by atoms with Crippen LogP contribution in [0.4, 0.5) is 16.0 Å². The predicted octanol–water partition coefficient (Wildman–Crippen LogP) is 5.83. The van der Waals surface area contributed by atoms with Crippen LogP contribution in [0.25, 0.3) is 0 Å². The van der Waals surface area contributed by atoms with E-state index in [2.05, 4.69) is 58.3 Å². The fourth-order valence-electron chi connectivity index (χ4n) is 7.88. The van der Waals surface area contributed by atoms with E-state index in [0.717, 1.165) is 53.5 Å². The third-order valence-electron chi connectivity index (χ3n) is 11.5. The van der Waals surface area contributed by atoms with E-state index in [9.17, 15) is 29.6 Å². The third-order valence-corrected chi connectivity index (χ3v) is 11.9. The number of anilines is 2. The van der Waals surface area contributed by atoms with Crippen LogP contribution in [0.3, 0.4) is 0 Å². The molecule has 3 N–H and O–H groups in total. The van der Waals surface area contributed by atoms with Crippen LogP contribution in [0, 0.1) is 17.1 Å². The zero-order valence-electron chi connectivity index (χ0n) is 35.1. The first-order valence-electron chi connectivity index (χ1n) is 20.6. The summed E-state index contributed by atoms with van der Waals surface area (Å²) in [6, 6.07) is 15.0. The second kappa shape index (κ2) is 18.9. The molecular weight excluding hydrogens is 853 g/mol. The molecular formula is C44H48ClFN9O7S+. The number of hydrogen-bond donors (Lipinski definition) is 4. The highest BCUT2D eigenvalue weighted by molar-refractivity contribution is 7.74. The third kappa shape index (κ3) is 10.4. The SMILES string of the molecule is CC(C)(c1ccc(OCc2cnc(N[N+](C)(O)S)nc2)cc1)c1cc(Cl)c(OCCCCCN2CCN(c3cc4c(cc3F)C(=O)N(C3CCC(=O)NC3=O)C4=O)CC2)c(C#N)c1. The number of amides is 4. The number of hydrogen-bond acceptors (Lipinski definition) is 14. The molecule has 3 aliphatic rings. The van der Waals surface area contributed by atoms with Gasteiger partial charge in [-0.05, 0) is 83.9 Å². The van der Waals surface area contributed by atoms with Gasteiger partial charge in [-0.1, -0.05) is 37.6 Å². The monoisotopic (exact) mass is 900 g/mol. The number of nitrogens with zero attached hydrogens (tertiary/aromatic N) is 7. The van der Waals surface area contributed by atoms with Gasteiger partial charge < -0.3 is 14.4 Å². The number of unbranched alkanes of at least 4 members (excludes halogenated alkanes) is 2. The molecule has 3 aromatic carbocycles. The summed E-state index contributed by atoms with van der Waals surface area (Å²) in [6.45, 7) is 7.97. The molecule has 2 unspecified atom stereocenters. The van der Waals surface area contributed by atoms with Crippen molar-refractivity contribution in [3.63, 3.8) is 0 Å². The standard InChI is InChI=1S/C44H47ClFN9O7S/c1-44(2,29-7-9-31(10-8-29)62-26-27-24-48-43(49-25-27)51-55(3,60)63)30-19-28(23-47)39(34(45)20-30)61-18-6-4-5-13-52-14-16-53(17-15-52)37-22-33-32(21-35(37)46)41(58)54(42(33)59)36-11-12-38(56)50-40(36)57/h7-10,19-22,24-25,36,60,63H,4-6,11-18,26H2,1-3H3,(H-,48,49,50,51,56,57)/p+1. The minimum absolute atomic E-state index is 0.00397. The number of imide groups is 2. The predicted molar refractivity (Wildman–Crippen MR) is 233 cm³/mol. The first-order chi connectivity index (χ1) is 30.0. The fourth-order valence-corrected chi connectivity index (χ4v) is 8.25. The van der Waals surface area contributed by atoms with E-state index in [0.29, 0.717) is 54.9 Å². The van der Waals surface area contributed by atoms with Crippen molar-refractivity contribution in [2.24, 2.45) is 0 Å². The molecule has 4 aromatic rings. The lowest BCUT2D eigenvalue weighted by molar-refractivity contribution is -0.955. The largest absolute Gasteiger partial charge is 0.491 e. The maximum Gasteiger partial charge on any atom is 0.273 e. The Morgan fingerprint density at radius 1 is 0.984 bits per heavy atom. The number of ether oxygens (including phenoxy) is 2. The van der Waals surface area contributed by atoms with Gasteiger partial charge in [0.15, 0.2) is 5.75 Å². The van der Waals surface area contributed by atoms with Gasteiger partial charge in [0, 0.05) is 56.0 Å². The number of piperidine rings is 1. The minimum atomic E-state index is -1.11. The Hall–Kier alpha value is -5.84. The van der Waals surface area contributed by atoms with Crippen LogP contribution >= 0.6 is 24.4 Å². The van der Waals surface area contributed by atoms with Gasteiger partial charge in [0.05, 0.1) is 34.0 Å². The number of carbonyl (C=O) groups is 4. The molecule has 2 fully saturated rings. The molecule has 0 bridgehead atoms. The van der Waals surface area contributed by atoms with Crippen molar-refractivity contribution in [2.45, 2.75) is 64.0 Å². The van der Waals surface area contributed by atoms with E-state index in [-0.39, 0.29) is 42.2 Å². The number of nitriles is 1. The zero-order valence-corrected chi connectivity index (χ0v) is 36.7. The first-order valence-corrected chi connectivity index (χ1v) is 21.3. The summed E-state index contributed by atoms with van der Waals surface area (Å²) >= 11 is 10.7. The lowest BCUT2D eigenvalue weighted by atomic mass is 9.77. The highest BCUT2D eigenvalue weighted by Crippen LogP contribution is 2.39. The van der Waals surface area contributed by atoms with Crippen molar-refractivity contribution in [3.05, 3.63) is 105 Å². The van der Waals surface area contributed by atoms with Crippen molar-refractivity contribution >= 4 is 59.7 Å². The number of hydroxylamine groups is 1. The van der Waals surface area contributed by atoms with E-state index in [1.165, 1.54) is 13.1 Å². The summed E-state index contributed by atoms with van der Waals surface area (Å²) in [5.41, 5.74) is 5.24. The number of halogens is 2. The normalized spacial score (nSPS) is 17.8. The summed E-state index contributed by atoms with van der Waals surface area (Å²) in [5, 5.41) is 22.3. The number of rotatable bonds is 16. The molecule has 0 spiro atoms. The highest BCUT2D eigenvalue weighted by atomic mass is 35.5. The van der Waals surface area contributed by atoms with Crippen LogP contribution in [0.5, 0.6) is 11.5 Å². The van der Waals surface area contributed by atoms with Crippen LogP contribution in [0.15, 0.2) is 60.9 Å². The molecule has 4 amide bonds. The summed E-state index contributed by atoms with van der Waals surface area (Å²) in [7, 11) is 1.41. The molecule has 0 aliphatic carbocycles. The number of carbonyl (C=O) groups excluding carboxylic acids is 4. The molecule has 330 valence electrons.